The van der Waals surface area contributed by atoms with Gasteiger partial charge in [-0.15, -0.1) is 0 Å². The van der Waals surface area contributed by atoms with Crippen molar-refractivity contribution in [2.75, 3.05) is 7.11 Å². The van der Waals surface area contributed by atoms with E-state index in [1.54, 1.807) is 7.11 Å². The number of carboxylic acids is 1. The van der Waals surface area contributed by atoms with Gasteiger partial charge in [-0.05, 0) is 6.42 Å². The van der Waals surface area contributed by atoms with E-state index < -0.39 is 5.97 Å². The summed E-state index contributed by atoms with van der Waals surface area (Å²) in [6, 6.07) is 0. The highest BCUT2D eigenvalue weighted by molar-refractivity contribution is 5.85. The summed E-state index contributed by atoms with van der Waals surface area (Å²) < 4.78 is 5.00. The summed E-state index contributed by atoms with van der Waals surface area (Å²) in [6.45, 7) is 5.36. The Kier molecular flexibility index (Phi) is 4.54. The summed E-state index contributed by atoms with van der Waals surface area (Å²) in [5, 5.41) is 8.47. The molecule has 0 saturated heterocycles. The van der Waals surface area contributed by atoms with Gasteiger partial charge >= 0.3 is 5.97 Å². The first-order chi connectivity index (χ1) is 5.11. The quantitative estimate of drug-likeness (QED) is 0.616. The third-order valence-corrected chi connectivity index (χ3v) is 1.57. The molecule has 0 radical (unpaired) electrons. The van der Waals surface area contributed by atoms with Gasteiger partial charge < -0.3 is 9.84 Å². The van der Waals surface area contributed by atoms with Crippen LogP contribution in [0.25, 0.3) is 0 Å². The summed E-state index contributed by atoms with van der Waals surface area (Å²) >= 11 is 0. The minimum absolute atomic E-state index is 0.0152. The summed E-state index contributed by atoms with van der Waals surface area (Å²) in [4.78, 5) is 10.3. The van der Waals surface area contributed by atoms with Crippen LogP contribution in [0.3, 0.4) is 0 Å². The van der Waals surface area contributed by atoms with Crippen LogP contribution in [0, 0.1) is 0 Å². The van der Waals surface area contributed by atoms with Crippen molar-refractivity contribution in [1.29, 1.82) is 0 Å². The third-order valence-electron chi connectivity index (χ3n) is 1.57. The molecule has 0 bridgehead atoms. The fourth-order valence-electron chi connectivity index (χ4n) is 0.756. The van der Waals surface area contributed by atoms with Gasteiger partial charge in [0, 0.05) is 19.1 Å². The monoisotopic (exact) mass is 158 g/mol. The van der Waals surface area contributed by atoms with Gasteiger partial charge in [0.2, 0.25) is 0 Å². The molecular formula is C8H14O3. The molecule has 0 aromatic carbocycles. The predicted octanol–water partition coefficient (Wildman–Crippen LogP) is 1.44. The Bertz CT molecular complexity index is 147. The van der Waals surface area contributed by atoms with Crippen molar-refractivity contribution >= 4 is 5.97 Å². The van der Waals surface area contributed by atoms with Crippen molar-refractivity contribution in [3.05, 3.63) is 12.2 Å². The minimum atomic E-state index is -0.944. The smallest absolute Gasteiger partial charge is 0.331 e. The molecule has 1 atom stereocenters. The van der Waals surface area contributed by atoms with Crippen LogP contribution in [0.15, 0.2) is 12.2 Å². The Labute approximate surface area is 66.7 Å². The standard InChI is InChI=1S/C8H14O3/c1-4-7(11-3)5-6(2)8(9)10/h7H,2,4-5H2,1,3H3,(H,9,10). The average molecular weight is 158 g/mol. The predicted molar refractivity (Wildman–Crippen MR) is 42.5 cm³/mol. The second kappa shape index (κ2) is 4.91. The van der Waals surface area contributed by atoms with E-state index in [2.05, 4.69) is 6.58 Å². The van der Waals surface area contributed by atoms with E-state index in [0.717, 1.165) is 6.42 Å². The molecule has 0 aromatic rings. The van der Waals surface area contributed by atoms with Gasteiger partial charge in [-0.25, -0.2) is 4.79 Å². The zero-order chi connectivity index (χ0) is 8.85. The van der Waals surface area contributed by atoms with Crippen molar-refractivity contribution in [3.63, 3.8) is 0 Å². The lowest BCUT2D eigenvalue weighted by atomic mass is 10.1. The first-order valence-corrected chi connectivity index (χ1v) is 3.55. The Hall–Kier alpha value is -0.830. The Morgan fingerprint density at radius 1 is 1.73 bits per heavy atom. The number of ether oxygens (including phenoxy) is 1. The average Bonchev–Trinajstić information content (AvgIpc) is 1.99. The minimum Gasteiger partial charge on any atom is -0.478 e. The molecule has 0 aliphatic carbocycles. The lowest BCUT2D eigenvalue weighted by molar-refractivity contribution is -0.133. The lowest BCUT2D eigenvalue weighted by Crippen LogP contribution is -2.13. The summed E-state index contributed by atoms with van der Waals surface area (Å²) in [5.41, 5.74) is 0.207. The van der Waals surface area contributed by atoms with Gasteiger partial charge in [-0.1, -0.05) is 13.5 Å². The molecule has 0 fully saturated rings. The van der Waals surface area contributed by atoms with Crippen LogP contribution in [0.4, 0.5) is 0 Å². The molecule has 3 heteroatoms. The van der Waals surface area contributed by atoms with Gasteiger partial charge in [-0.2, -0.15) is 0 Å². The Morgan fingerprint density at radius 3 is 2.55 bits per heavy atom. The molecule has 0 spiro atoms. The first kappa shape index (κ1) is 10.2. The van der Waals surface area contributed by atoms with Crippen LogP contribution in [-0.2, 0) is 9.53 Å². The zero-order valence-corrected chi connectivity index (χ0v) is 6.96. The number of methoxy groups -OCH3 is 1. The van der Waals surface area contributed by atoms with Gasteiger partial charge in [0.05, 0.1) is 6.10 Å². The Morgan fingerprint density at radius 2 is 2.27 bits per heavy atom. The van der Waals surface area contributed by atoms with Gasteiger partial charge in [-0.3, -0.25) is 0 Å². The number of hydrogen-bond acceptors (Lipinski definition) is 2. The molecule has 1 N–H and O–H groups in total. The molecule has 0 amide bonds. The van der Waals surface area contributed by atoms with Gasteiger partial charge in [0.15, 0.2) is 0 Å². The number of carbonyl (C=O) groups is 1. The summed E-state index contributed by atoms with van der Waals surface area (Å²) in [5.74, 6) is -0.944. The molecule has 0 aliphatic heterocycles. The van der Waals surface area contributed by atoms with E-state index >= 15 is 0 Å². The number of carboxylic acid groups (broad SMARTS) is 1. The third kappa shape index (κ3) is 3.78. The van der Waals surface area contributed by atoms with Crippen LogP contribution in [-0.4, -0.2) is 24.3 Å². The fraction of sp³-hybridized carbons (Fsp3) is 0.625. The van der Waals surface area contributed by atoms with E-state index in [0.29, 0.717) is 6.42 Å². The van der Waals surface area contributed by atoms with Gasteiger partial charge in [0.1, 0.15) is 0 Å². The molecule has 0 heterocycles. The molecule has 3 nitrogen and oxygen atoms in total. The SMILES string of the molecule is C=C(CC(CC)OC)C(=O)O. The van der Waals surface area contributed by atoms with Crippen molar-refractivity contribution in [2.24, 2.45) is 0 Å². The van der Waals surface area contributed by atoms with E-state index in [9.17, 15) is 4.79 Å². The van der Waals surface area contributed by atoms with E-state index in [4.69, 9.17) is 9.84 Å². The number of aliphatic carboxylic acids is 1. The van der Waals surface area contributed by atoms with E-state index in [-0.39, 0.29) is 11.7 Å². The maximum absolute atomic E-state index is 10.3. The van der Waals surface area contributed by atoms with Crippen molar-refractivity contribution in [2.45, 2.75) is 25.9 Å². The maximum Gasteiger partial charge on any atom is 0.331 e. The zero-order valence-electron chi connectivity index (χ0n) is 6.96. The summed E-state index contributed by atoms with van der Waals surface area (Å²) in [7, 11) is 1.57. The highest BCUT2D eigenvalue weighted by Crippen LogP contribution is 2.08. The largest absolute Gasteiger partial charge is 0.478 e. The van der Waals surface area contributed by atoms with Crippen LogP contribution < -0.4 is 0 Å². The molecule has 0 saturated carbocycles. The molecule has 1 unspecified atom stereocenters. The molecule has 0 rings (SSSR count). The Balaban J connectivity index is 3.81. The molecular weight excluding hydrogens is 144 g/mol. The molecule has 64 valence electrons. The van der Waals surface area contributed by atoms with Crippen LogP contribution in [0.1, 0.15) is 19.8 Å². The number of rotatable bonds is 5. The van der Waals surface area contributed by atoms with Gasteiger partial charge in [0.25, 0.3) is 0 Å². The van der Waals surface area contributed by atoms with Crippen molar-refractivity contribution in [1.82, 2.24) is 0 Å². The fourth-order valence-corrected chi connectivity index (χ4v) is 0.756. The number of hydrogen-bond donors (Lipinski definition) is 1. The topological polar surface area (TPSA) is 46.5 Å². The van der Waals surface area contributed by atoms with E-state index in [1.807, 2.05) is 6.92 Å². The maximum atomic E-state index is 10.3. The highest BCUT2D eigenvalue weighted by Gasteiger charge is 2.10. The van der Waals surface area contributed by atoms with Crippen molar-refractivity contribution in [3.8, 4) is 0 Å². The van der Waals surface area contributed by atoms with Crippen molar-refractivity contribution < 1.29 is 14.6 Å². The first-order valence-electron chi connectivity index (χ1n) is 3.55. The highest BCUT2D eigenvalue weighted by atomic mass is 16.5. The normalized spacial score (nSPS) is 12.5. The lowest BCUT2D eigenvalue weighted by Gasteiger charge is -2.11. The second-order valence-corrected chi connectivity index (χ2v) is 2.38. The summed E-state index contributed by atoms with van der Waals surface area (Å²) in [6.07, 6.45) is 1.20. The molecule has 0 aliphatic rings. The van der Waals surface area contributed by atoms with Crippen LogP contribution in [0.2, 0.25) is 0 Å². The molecule has 11 heavy (non-hydrogen) atoms. The van der Waals surface area contributed by atoms with E-state index in [1.165, 1.54) is 0 Å². The van der Waals surface area contributed by atoms with Crippen LogP contribution in [0.5, 0.6) is 0 Å². The molecule has 0 aromatic heterocycles. The second-order valence-electron chi connectivity index (χ2n) is 2.38. The van der Waals surface area contributed by atoms with Crippen LogP contribution >= 0.6 is 0 Å².